The van der Waals surface area contributed by atoms with Gasteiger partial charge in [0.1, 0.15) is 17.9 Å². The third-order valence-corrected chi connectivity index (χ3v) is 9.05. The first-order valence-corrected chi connectivity index (χ1v) is 16.7. The van der Waals surface area contributed by atoms with Crippen molar-refractivity contribution in [1.29, 1.82) is 0 Å². The van der Waals surface area contributed by atoms with Crippen molar-refractivity contribution < 1.29 is 14.0 Å². The molecule has 0 unspecified atom stereocenters. The van der Waals surface area contributed by atoms with Gasteiger partial charge < -0.3 is 29.6 Å². The van der Waals surface area contributed by atoms with Gasteiger partial charge in [-0.25, -0.2) is 4.98 Å². The summed E-state index contributed by atoms with van der Waals surface area (Å²) in [4.78, 5) is 16.0. The highest BCUT2D eigenvalue weighted by Crippen LogP contribution is 2.42. The Morgan fingerprint density at radius 1 is 1.02 bits per heavy atom. The number of hydrogen-bond acceptors (Lipinski definition) is 10. The fourth-order valence-electron chi connectivity index (χ4n) is 5.25. The van der Waals surface area contributed by atoms with Crippen LogP contribution in [0.5, 0.6) is 5.75 Å². The van der Waals surface area contributed by atoms with Crippen molar-refractivity contribution >= 4 is 63.8 Å². The first-order chi connectivity index (χ1) is 20.7. The molecule has 1 saturated heterocycles. The van der Waals surface area contributed by atoms with E-state index in [1.54, 1.807) is 31.3 Å². The lowest BCUT2D eigenvalue weighted by molar-refractivity contribution is 0.122. The van der Waals surface area contributed by atoms with Gasteiger partial charge in [0, 0.05) is 59.9 Å². The Morgan fingerprint density at radius 2 is 1.81 bits per heavy atom. The number of para-hydroxylation sites is 1. The van der Waals surface area contributed by atoms with Crippen LogP contribution in [0.1, 0.15) is 0 Å². The van der Waals surface area contributed by atoms with Crippen molar-refractivity contribution in [2.75, 3.05) is 62.3 Å². The average Bonchev–Trinajstić information content (AvgIpc) is 3.44. The largest absolute Gasteiger partial charge is 0.494 e. The molecule has 2 aromatic carbocycles. The second-order valence-electron chi connectivity index (χ2n) is 10.6. The van der Waals surface area contributed by atoms with E-state index in [0.717, 1.165) is 40.8 Å². The summed E-state index contributed by atoms with van der Waals surface area (Å²) in [5, 5.41) is 12.8. The van der Waals surface area contributed by atoms with Gasteiger partial charge in [-0.15, -0.1) is 0 Å². The van der Waals surface area contributed by atoms with Crippen LogP contribution in [0, 0.1) is 0 Å². The number of nitrogens with zero attached hydrogens (tertiary/aromatic N) is 6. The van der Waals surface area contributed by atoms with Crippen molar-refractivity contribution in [2.24, 2.45) is 7.05 Å². The summed E-state index contributed by atoms with van der Waals surface area (Å²) in [7, 11) is 0.802. The molecule has 13 heteroatoms. The summed E-state index contributed by atoms with van der Waals surface area (Å²) in [5.74, 6) is 1.27. The number of methoxy groups -OCH3 is 1. The van der Waals surface area contributed by atoms with Crippen molar-refractivity contribution in [1.82, 2.24) is 24.7 Å². The van der Waals surface area contributed by atoms with E-state index in [2.05, 4.69) is 35.6 Å². The molecule has 5 aromatic rings. The lowest BCUT2D eigenvalue weighted by Gasteiger charge is -2.31. The van der Waals surface area contributed by atoms with Gasteiger partial charge in [-0.2, -0.15) is 10.1 Å². The minimum Gasteiger partial charge on any atom is -0.494 e. The molecule has 11 nitrogen and oxygen atoms in total. The predicted molar refractivity (Wildman–Crippen MR) is 173 cm³/mol. The second-order valence-corrected chi connectivity index (χ2v) is 14.2. The van der Waals surface area contributed by atoms with E-state index in [1.165, 1.54) is 6.20 Å². The number of aromatic nitrogens is 5. The number of hydrogen-bond donors (Lipinski definition) is 2. The molecule has 43 heavy (non-hydrogen) atoms. The molecule has 0 spiro atoms. The Hall–Kier alpha value is -4.18. The Kier molecular flexibility index (Phi) is 7.96. The molecular formula is C30H32ClN8O3P. The lowest BCUT2D eigenvalue weighted by Crippen LogP contribution is -2.36. The zero-order chi connectivity index (χ0) is 30.1. The highest BCUT2D eigenvalue weighted by molar-refractivity contribution is 7.71. The van der Waals surface area contributed by atoms with Crippen LogP contribution in [0.4, 0.5) is 28.8 Å². The standard InChI is InChI=1S/C30H32ClN8O3P/c1-38-18-19(15-34-38)21-13-24(27(41-2)14-26(21)39-9-11-42-12-10-39)36-30-33-16-22(31)29(37-30)35-25-17-32-23-8-6-5-7-20(23)28(25)43(3,4)40/h5-8,13-18H,9-12H2,1-4H3,(H2,33,35,36,37). The van der Waals surface area contributed by atoms with Crippen LogP contribution in [0.15, 0.2) is 61.2 Å². The van der Waals surface area contributed by atoms with Gasteiger partial charge in [-0.1, -0.05) is 29.8 Å². The molecular weight excluding hydrogens is 587 g/mol. The van der Waals surface area contributed by atoms with E-state index in [4.69, 9.17) is 21.1 Å². The molecule has 0 bridgehead atoms. The molecule has 0 aliphatic carbocycles. The number of nitrogens with one attached hydrogen (secondary N) is 2. The quantitative estimate of drug-likeness (QED) is 0.211. The van der Waals surface area contributed by atoms with E-state index in [-0.39, 0.29) is 0 Å². The summed E-state index contributed by atoms with van der Waals surface area (Å²) in [6.45, 7) is 6.33. The van der Waals surface area contributed by atoms with Crippen LogP contribution in [0.2, 0.25) is 5.02 Å². The minimum atomic E-state index is -2.72. The molecule has 2 N–H and O–H groups in total. The molecule has 3 aromatic heterocycles. The Morgan fingerprint density at radius 3 is 2.53 bits per heavy atom. The number of morpholine rings is 1. The van der Waals surface area contributed by atoms with Gasteiger partial charge in [0.15, 0.2) is 5.82 Å². The summed E-state index contributed by atoms with van der Waals surface area (Å²) in [6.07, 6.45) is 7.00. The fourth-order valence-corrected chi connectivity index (χ4v) is 6.86. The first-order valence-electron chi connectivity index (χ1n) is 13.7. The lowest BCUT2D eigenvalue weighted by atomic mass is 10.0. The second kappa shape index (κ2) is 11.8. The average molecular weight is 619 g/mol. The number of rotatable bonds is 8. The monoisotopic (exact) mass is 618 g/mol. The molecule has 0 amide bonds. The van der Waals surface area contributed by atoms with Crippen LogP contribution in [0.3, 0.4) is 0 Å². The maximum absolute atomic E-state index is 13.4. The van der Waals surface area contributed by atoms with E-state index < -0.39 is 7.14 Å². The van der Waals surface area contributed by atoms with Crippen LogP contribution >= 0.6 is 18.7 Å². The van der Waals surface area contributed by atoms with Crippen molar-refractivity contribution in [3.8, 4) is 16.9 Å². The predicted octanol–water partition coefficient (Wildman–Crippen LogP) is 5.66. The maximum atomic E-state index is 13.4. The Balaban J connectivity index is 1.38. The number of benzene rings is 2. The molecule has 6 rings (SSSR count). The number of ether oxygens (including phenoxy) is 2. The van der Waals surface area contributed by atoms with Crippen LogP contribution < -0.4 is 25.6 Å². The van der Waals surface area contributed by atoms with Gasteiger partial charge in [0.05, 0.1) is 55.8 Å². The van der Waals surface area contributed by atoms with Gasteiger partial charge >= 0.3 is 0 Å². The Labute approximate surface area is 254 Å². The minimum absolute atomic E-state index is 0.299. The SMILES string of the molecule is COc1cc(N2CCOCC2)c(-c2cnn(C)c2)cc1Nc1ncc(Cl)c(Nc2cnc3ccccc3c2P(C)(C)=O)n1. The van der Waals surface area contributed by atoms with Crippen molar-refractivity contribution in [3.63, 3.8) is 0 Å². The zero-order valence-electron chi connectivity index (χ0n) is 24.3. The molecule has 1 aliphatic heterocycles. The van der Waals surface area contributed by atoms with E-state index in [9.17, 15) is 4.57 Å². The number of pyridine rings is 1. The first kappa shape index (κ1) is 28.9. The van der Waals surface area contributed by atoms with Crippen LogP contribution in [0.25, 0.3) is 22.0 Å². The molecule has 0 saturated carbocycles. The van der Waals surface area contributed by atoms with Gasteiger partial charge in [-0.05, 0) is 25.5 Å². The maximum Gasteiger partial charge on any atom is 0.229 e. The third-order valence-electron chi connectivity index (χ3n) is 7.21. The molecule has 0 atom stereocenters. The molecule has 4 heterocycles. The van der Waals surface area contributed by atoms with Crippen molar-refractivity contribution in [3.05, 3.63) is 66.2 Å². The normalized spacial score (nSPS) is 13.7. The summed E-state index contributed by atoms with van der Waals surface area (Å²) < 4.78 is 26.6. The number of anilines is 5. The van der Waals surface area contributed by atoms with E-state index in [1.807, 2.05) is 55.8 Å². The topological polar surface area (TPSA) is 119 Å². The van der Waals surface area contributed by atoms with E-state index >= 15 is 0 Å². The zero-order valence-corrected chi connectivity index (χ0v) is 26.0. The van der Waals surface area contributed by atoms with Gasteiger partial charge in [0.25, 0.3) is 0 Å². The highest BCUT2D eigenvalue weighted by Gasteiger charge is 2.23. The van der Waals surface area contributed by atoms with Crippen molar-refractivity contribution in [2.45, 2.75) is 0 Å². The fraction of sp³-hybridized carbons (Fsp3) is 0.267. The van der Waals surface area contributed by atoms with Gasteiger partial charge in [-0.3, -0.25) is 9.67 Å². The third kappa shape index (κ3) is 6.01. The smallest absolute Gasteiger partial charge is 0.229 e. The molecule has 0 radical (unpaired) electrons. The molecule has 1 fully saturated rings. The number of halogens is 1. The highest BCUT2D eigenvalue weighted by atomic mass is 35.5. The van der Waals surface area contributed by atoms with Crippen LogP contribution in [-0.2, 0) is 16.3 Å². The number of aryl methyl sites for hydroxylation is 1. The van der Waals surface area contributed by atoms with E-state index in [0.29, 0.717) is 52.4 Å². The summed E-state index contributed by atoms with van der Waals surface area (Å²) in [6, 6.07) is 11.7. The van der Waals surface area contributed by atoms with Crippen LogP contribution in [-0.4, -0.2) is 71.5 Å². The Bertz CT molecular complexity index is 1850. The molecule has 1 aliphatic rings. The summed E-state index contributed by atoms with van der Waals surface area (Å²) >= 11 is 6.55. The molecule has 222 valence electrons. The summed E-state index contributed by atoms with van der Waals surface area (Å²) in [5.41, 5.74) is 4.99. The van der Waals surface area contributed by atoms with Gasteiger partial charge in [0.2, 0.25) is 5.95 Å². The number of fused-ring (bicyclic) bond motifs is 1.